The lowest BCUT2D eigenvalue weighted by atomic mass is 9.33. The minimum atomic E-state index is -0.178. The van der Waals surface area contributed by atoms with Crippen molar-refractivity contribution in [1.29, 1.82) is 0 Å². The zero-order valence-corrected chi connectivity index (χ0v) is 44.6. The fourth-order valence-electron chi connectivity index (χ4n) is 13.2. The minimum Gasteiger partial charge on any atom is -0.334 e. The molecule has 7 aromatic rings. The second-order valence-corrected chi connectivity index (χ2v) is 25.7. The van der Waals surface area contributed by atoms with E-state index in [1.165, 1.54) is 114 Å². The third-order valence-electron chi connectivity index (χ3n) is 17.1. The van der Waals surface area contributed by atoms with E-state index in [1.807, 2.05) is 0 Å². The predicted molar refractivity (Wildman–Crippen MR) is 303 cm³/mol. The summed E-state index contributed by atoms with van der Waals surface area (Å²) in [4.78, 5) is 8.06. The van der Waals surface area contributed by atoms with Crippen LogP contribution in [0.1, 0.15) is 155 Å². The summed E-state index contributed by atoms with van der Waals surface area (Å²) in [5.74, 6) is 0. The molecule has 2 unspecified atom stereocenters. The van der Waals surface area contributed by atoms with Crippen molar-refractivity contribution in [2.75, 3.05) is 14.7 Å². The lowest BCUT2D eigenvalue weighted by molar-refractivity contribution is 0.215. The summed E-state index contributed by atoms with van der Waals surface area (Å²) in [7, 11) is 0. The van der Waals surface area contributed by atoms with E-state index in [4.69, 9.17) is 0 Å². The summed E-state index contributed by atoms with van der Waals surface area (Å²) in [6.45, 7) is 33.1. The van der Waals surface area contributed by atoms with Crippen LogP contribution < -0.4 is 31.1 Å². The molecule has 1 saturated carbocycles. The summed E-state index contributed by atoms with van der Waals surface area (Å²) < 4.78 is 0. The van der Waals surface area contributed by atoms with Gasteiger partial charge in [-0.05, 0) is 158 Å². The molecule has 0 spiro atoms. The summed E-state index contributed by atoms with van der Waals surface area (Å²) in [6, 6.07) is 57.7. The van der Waals surface area contributed by atoms with E-state index < -0.39 is 0 Å². The fourth-order valence-corrected chi connectivity index (χ4v) is 13.2. The normalized spacial score (nSPS) is 19.6. The average Bonchev–Trinajstić information content (AvgIpc) is 3.55. The Hall–Kier alpha value is -6.00. The van der Waals surface area contributed by atoms with Crippen LogP contribution in [0.2, 0.25) is 0 Å². The van der Waals surface area contributed by atoms with Crippen LogP contribution in [0, 0.1) is 6.92 Å². The number of para-hydroxylation sites is 1. The van der Waals surface area contributed by atoms with Crippen molar-refractivity contribution in [1.82, 2.24) is 0 Å². The summed E-state index contributed by atoms with van der Waals surface area (Å²) >= 11 is 0. The quantitative estimate of drug-likeness (QED) is 0.163. The second-order valence-electron chi connectivity index (χ2n) is 25.7. The van der Waals surface area contributed by atoms with Gasteiger partial charge in [0.05, 0.1) is 5.54 Å². The van der Waals surface area contributed by atoms with E-state index >= 15 is 0 Å². The van der Waals surface area contributed by atoms with E-state index in [2.05, 4.69) is 257 Å². The van der Waals surface area contributed by atoms with Gasteiger partial charge in [-0.1, -0.05) is 187 Å². The zero-order valence-electron chi connectivity index (χ0n) is 44.6. The van der Waals surface area contributed by atoms with Crippen molar-refractivity contribution in [2.45, 2.75) is 155 Å². The Morgan fingerprint density at radius 1 is 0.429 bits per heavy atom. The molecule has 0 saturated heterocycles. The largest absolute Gasteiger partial charge is 0.334 e. The number of hydrogen-bond acceptors (Lipinski definition) is 3. The zero-order chi connectivity index (χ0) is 49.5. The molecule has 7 aromatic carbocycles. The van der Waals surface area contributed by atoms with Crippen LogP contribution in [-0.2, 0) is 27.1 Å². The van der Waals surface area contributed by atoms with E-state index in [-0.39, 0.29) is 39.3 Å². The van der Waals surface area contributed by atoms with Crippen molar-refractivity contribution in [3.63, 3.8) is 0 Å². The number of aryl methyl sites for hydroxylation is 1. The van der Waals surface area contributed by atoms with Gasteiger partial charge in [0.15, 0.2) is 0 Å². The van der Waals surface area contributed by atoms with E-state index in [9.17, 15) is 0 Å². The van der Waals surface area contributed by atoms with Gasteiger partial charge in [0.2, 0.25) is 0 Å². The van der Waals surface area contributed by atoms with Crippen LogP contribution in [0.4, 0.5) is 45.5 Å². The number of benzene rings is 7. The van der Waals surface area contributed by atoms with Crippen molar-refractivity contribution in [3.05, 3.63) is 185 Å². The summed E-state index contributed by atoms with van der Waals surface area (Å²) in [5, 5.41) is 0. The van der Waals surface area contributed by atoms with Crippen LogP contribution in [0.5, 0.6) is 0 Å². The Morgan fingerprint density at radius 3 is 1.63 bits per heavy atom. The maximum Gasteiger partial charge on any atom is 0.252 e. The number of fused-ring (bicyclic) bond motifs is 7. The third kappa shape index (κ3) is 6.97. The molecule has 4 heteroatoms. The monoisotopic (exact) mass is 920 g/mol. The highest BCUT2D eigenvalue weighted by Gasteiger charge is 2.61. The van der Waals surface area contributed by atoms with Gasteiger partial charge in [-0.2, -0.15) is 0 Å². The first-order valence-corrected chi connectivity index (χ1v) is 26.3. The van der Waals surface area contributed by atoms with Gasteiger partial charge >= 0.3 is 0 Å². The van der Waals surface area contributed by atoms with E-state index in [0.717, 1.165) is 12.8 Å². The molecular formula is C66H74BN3. The lowest BCUT2D eigenvalue weighted by Crippen LogP contribution is -2.62. The molecule has 0 N–H and O–H groups in total. The molecule has 3 heterocycles. The molecule has 4 aliphatic rings. The van der Waals surface area contributed by atoms with Crippen LogP contribution >= 0.6 is 0 Å². The molecule has 0 amide bonds. The molecule has 3 aliphatic heterocycles. The van der Waals surface area contributed by atoms with Gasteiger partial charge in [0, 0.05) is 50.9 Å². The highest BCUT2D eigenvalue weighted by atomic mass is 15.3. The predicted octanol–water partition coefficient (Wildman–Crippen LogP) is 16.0. The maximum absolute atomic E-state index is 2.78. The van der Waals surface area contributed by atoms with E-state index in [1.54, 1.807) is 0 Å². The number of nitrogens with zero attached hydrogens (tertiary/aromatic N) is 3. The Balaban J connectivity index is 1.22. The molecule has 0 bridgehead atoms. The second kappa shape index (κ2) is 15.8. The Bertz CT molecular complexity index is 3190. The van der Waals surface area contributed by atoms with Gasteiger partial charge < -0.3 is 14.7 Å². The van der Waals surface area contributed by atoms with Gasteiger partial charge in [0.1, 0.15) is 0 Å². The van der Waals surface area contributed by atoms with Crippen molar-refractivity contribution in [2.24, 2.45) is 0 Å². The molecule has 70 heavy (non-hydrogen) atoms. The Kier molecular flexibility index (Phi) is 10.4. The van der Waals surface area contributed by atoms with Crippen LogP contribution in [0.15, 0.2) is 146 Å². The van der Waals surface area contributed by atoms with Crippen LogP contribution in [-0.4, -0.2) is 12.3 Å². The van der Waals surface area contributed by atoms with E-state index in [0.29, 0.717) is 0 Å². The minimum absolute atomic E-state index is 0.00964. The molecule has 3 nitrogen and oxygen atoms in total. The lowest BCUT2D eigenvalue weighted by Gasteiger charge is -2.52. The number of anilines is 8. The van der Waals surface area contributed by atoms with Crippen molar-refractivity contribution >= 4 is 68.6 Å². The van der Waals surface area contributed by atoms with Crippen LogP contribution in [0.25, 0.3) is 0 Å². The smallest absolute Gasteiger partial charge is 0.252 e. The SMILES string of the molecule is Cc1cc(C(C)(C)C)ccc1N1c2ccc(C(C)(C)C)cc2B2c3ccc(N4c5ccccc5C5(c6ccccc6)CCCCC45C)cc3N(c3ccc(C(C)(C)C)cc3)c3cc(C(C)(C)C)cc1c32. The number of hydrogen-bond donors (Lipinski definition) is 0. The molecular weight excluding hydrogens is 846 g/mol. The van der Waals surface area contributed by atoms with Gasteiger partial charge in [0.25, 0.3) is 6.71 Å². The van der Waals surface area contributed by atoms with Gasteiger partial charge in [-0.15, -0.1) is 0 Å². The van der Waals surface area contributed by atoms with Crippen LogP contribution in [0.3, 0.4) is 0 Å². The highest BCUT2D eigenvalue weighted by molar-refractivity contribution is 7.00. The van der Waals surface area contributed by atoms with Crippen molar-refractivity contribution < 1.29 is 0 Å². The topological polar surface area (TPSA) is 9.72 Å². The molecule has 11 rings (SSSR count). The first-order chi connectivity index (χ1) is 33.0. The molecule has 1 aliphatic carbocycles. The molecule has 0 aromatic heterocycles. The molecule has 1 fully saturated rings. The average molecular weight is 920 g/mol. The fraction of sp³-hybridized carbons (Fsp3) is 0.364. The molecule has 356 valence electrons. The molecule has 2 atom stereocenters. The first-order valence-electron chi connectivity index (χ1n) is 26.3. The van der Waals surface area contributed by atoms with Gasteiger partial charge in [-0.3, -0.25) is 0 Å². The first kappa shape index (κ1) is 46.4. The third-order valence-corrected chi connectivity index (χ3v) is 17.1. The molecule has 0 radical (unpaired) electrons. The van der Waals surface area contributed by atoms with Gasteiger partial charge in [-0.25, -0.2) is 0 Å². The van der Waals surface area contributed by atoms with Crippen molar-refractivity contribution in [3.8, 4) is 0 Å². The highest BCUT2D eigenvalue weighted by Crippen LogP contribution is 2.64. The standard InChI is InChI=1S/C66H74BN3/c1-43-38-46(62(5,6)7)28-34-54(43)69-56-35-29-47(63(8,9)10)39-53(56)67-52-33-32-50(70-55-25-19-18-24-51(55)66(45-22-16-15-17-23-45)37-21-20-36-65(66,70)14)42-57(52)68(49-30-26-44(27-31-49)61(2,3)4)58-40-48(64(11,12)13)41-59(69)60(58)67/h15-19,22-35,38-42H,20-21,36-37H2,1-14H3. The Labute approximate surface area is 421 Å². The Morgan fingerprint density at radius 2 is 0.986 bits per heavy atom. The summed E-state index contributed by atoms with van der Waals surface area (Å²) in [6.07, 6.45) is 4.68. The number of rotatable bonds is 4. The maximum atomic E-state index is 2.78. The summed E-state index contributed by atoms with van der Waals surface area (Å²) in [5.41, 5.74) is 23.4.